The number of unbranched alkanes of at least 4 members (excludes halogenated alkanes) is 3. The van der Waals surface area contributed by atoms with Gasteiger partial charge in [-0.15, -0.1) is 11.3 Å². The van der Waals surface area contributed by atoms with E-state index in [1.807, 2.05) is 29.6 Å². The molecule has 0 aliphatic carbocycles. The van der Waals surface area contributed by atoms with Crippen LogP contribution in [0.4, 0.5) is 4.39 Å². The van der Waals surface area contributed by atoms with Gasteiger partial charge >= 0.3 is 0 Å². The summed E-state index contributed by atoms with van der Waals surface area (Å²) in [7, 11) is 0. The van der Waals surface area contributed by atoms with Gasteiger partial charge in [-0.3, -0.25) is 9.69 Å². The second-order valence-electron chi connectivity index (χ2n) is 7.84. The molecule has 3 aromatic rings. The Bertz CT molecular complexity index is 928. The Balaban J connectivity index is 1.64. The maximum Gasteiger partial charge on any atom is 0.270 e. The molecule has 4 nitrogen and oxygen atoms in total. The lowest BCUT2D eigenvalue weighted by Gasteiger charge is -2.21. The van der Waals surface area contributed by atoms with Crippen LogP contribution in [0, 0.1) is 5.82 Å². The summed E-state index contributed by atoms with van der Waals surface area (Å²) < 4.78 is 13.3. The molecule has 0 atom stereocenters. The van der Waals surface area contributed by atoms with Gasteiger partial charge in [-0.1, -0.05) is 62.1 Å². The molecular formula is C25H29ClFN3OS. The van der Waals surface area contributed by atoms with Crippen LogP contribution in [-0.2, 0) is 19.6 Å². The minimum atomic E-state index is -0.247. The molecule has 0 radical (unpaired) electrons. The van der Waals surface area contributed by atoms with E-state index < -0.39 is 0 Å². The summed E-state index contributed by atoms with van der Waals surface area (Å²) in [4.78, 5) is 19.2. The molecule has 3 rings (SSSR count). The lowest BCUT2D eigenvalue weighted by Crippen LogP contribution is -2.25. The Hall–Kier alpha value is -2.28. The van der Waals surface area contributed by atoms with Crippen molar-refractivity contribution < 1.29 is 9.18 Å². The average Bonchev–Trinajstić information content (AvgIpc) is 3.25. The fraction of sp³-hybridized carbons (Fsp3) is 0.360. The topological polar surface area (TPSA) is 45.2 Å². The van der Waals surface area contributed by atoms with Crippen molar-refractivity contribution in [2.24, 2.45) is 0 Å². The Morgan fingerprint density at radius 1 is 1.00 bits per heavy atom. The summed E-state index contributed by atoms with van der Waals surface area (Å²) in [5.74, 6) is -0.366. The van der Waals surface area contributed by atoms with Gasteiger partial charge in [0, 0.05) is 30.0 Å². The van der Waals surface area contributed by atoms with E-state index in [-0.39, 0.29) is 11.7 Å². The van der Waals surface area contributed by atoms with Crippen LogP contribution in [0.15, 0.2) is 53.9 Å². The van der Waals surface area contributed by atoms with E-state index in [0.717, 1.165) is 29.0 Å². The lowest BCUT2D eigenvalue weighted by atomic mass is 10.1. The number of hydrogen-bond donors (Lipinski definition) is 1. The highest BCUT2D eigenvalue weighted by Crippen LogP contribution is 2.19. The van der Waals surface area contributed by atoms with Crippen LogP contribution >= 0.6 is 22.9 Å². The highest BCUT2D eigenvalue weighted by atomic mass is 35.5. The van der Waals surface area contributed by atoms with Gasteiger partial charge in [-0.25, -0.2) is 9.37 Å². The molecule has 1 aromatic heterocycles. The molecular weight excluding hydrogens is 445 g/mol. The summed E-state index contributed by atoms with van der Waals surface area (Å²) in [5, 5.41) is 6.34. The predicted molar refractivity (Wildman–Crippen MR) is 129 cm³/mol. The number of amides is 1. The predicted octanol–water partition coefficient (Wildman–Crippen LogP) is 6.45. The van der Waals surface area contributed by atoms with Crippen molar-refractivity contribution in [1.29, 1.82) is 0 Å². The molecule has 0 bridgehead atoms. The van der Waals surface area contributed by atoms with E-state index in [2.05, 4.69) is 22.1 Å². The van der Waals surface area contributed by atoms with Crippen LogP contribution in [0.1, 0.15) is 59.2 Å². The molecule has 0 saturated heterocycles. The van der Waals surface area contributed by atoms with Crippen molar-refractivity contribution in [2.75, 3.05) is 6.54 Å². The molecule has 0 aliphatic heterocycles. The van der Waals surface area contributed by atoms with Crippen molar-refractivity contribution in [3.8, 4) is 0 Å². The first kappa shape index (κ1) is 24.4. The number of nitrogens with zero attached hydrogens (tertiary/aromatic N) is 2. The molecule has 0 spiro atoms. The van der Waals surface area contributed by atoms with Crippen LogP contribution < -0.4 is 5.32 Å². The van der Waals surface area contributed by atoms with Crippen molar-refractivity contribution in [1.82, 2.24) is 15.2 Å². The Kier molecular flexibility index (Phi) is 9.65. The fourth-order valence-corrected chi connectivity index (χ4v) is 4.33. The standard InChI is InChI=1S/C25H29ClFN3OS/c1-2-3-4-5-14-28-25(31)23-18-32-24(29-23)17-30(15-19-6-10-21(26)11-7-19)16-20-8-12-22(27)13-9-20/h6-13,18H,2-5,14-17H2,1H3,(H,28,31). The second-order valence-corrected chi connectivity index (χ2v) is 9.22. The number of aromatic nitrogens is 1. The maximum absolute atomic E-state index is 13.3. The first-order valence-electron chi connectivity index (χ1n) is 11.0. The Morgan fingerprint density at radius 2 is 1.66 bits per heavy atom. The van der Waals surface area contributed by atoms with Crippen LogP contribution in [0.2, 0.25) is 5.02 Å². The minimum absolute atomic E-state index is 0.119. The molecule has 1 heterocycles. The highest BCUT2D eigenvalue weighted by molar-refractivity contribution is 7.09. The van der Waals surface area contributed by atoms with Crippen molar-refractivity contribution >= 4 is 28.8 Å². The van der Waals surface area contributed by atoms with Gasteiger partial charge in [-0.2, -0.15) is 0 Å². The molecule has 170 valence electrons. The Labute approximate surface area is 198 Å². The van der Waals surface area contributed by atoms with Crippen LogP contribution in [0.3, 0.4) is 0 Å². The van der Waals surface area contributed by atoms with Gasteiger partial charge in [0.15, 0.2) is 0 Å². The monoisotopic (exact) mass is 473 g/mol. The van der Waals surface area contributed by atoms with E-state index in [4.69, 9.17) is 11.6 Å². The summed E-state index contributed by atoms with van der Waals surface area (Å²) >= 11 is 7.51. The van der Waals surface area contributed by atoms with Gasteiger partial charge in [0.05, 0.1) is 6.54 Å². The second kappa shape index (κ2) is 12.7. The zero-order valence-corrected chi connectivity index (χ0v) is 19.9. The van der Waals surface area contributed by atoms with Gasteiger partial charge in [-0.05, 0) is 41.8 Å². The summed E-state index contributed by atoms with van der Waals surface area (Å²) in [6, 6.07) is 14.3. The SMILES string of the molecule is CCCCCCNC(=O)c1csc(CN(Cc2ccc(F)cc2)Cc2ccc(Cl)cc2)n1. The average molecular weight is 474 g/mol. The Morgan fingerprint density at radius 3 is 2.31 bits per heavy atom. The molecule has 2 aromatic carbocycles. The quantitative estimate of drug-likeness (QED) is 0.307. The summed E-state index contributed by atoms with van der Waals surface area (Å²) in [6.07, 6.45) is 4.48. The smallest absolute Gasteiger partial charge is 0.270 e. The molecule has 32 heavy (non-hydrogen) atoms. The third kappa shape index (κ3) is 8.01. The van der Waals surface area contributed by atoms with Crippen LogP contribution in [0.5, 0.6) is 0 Å². The zero-order valence-electron chi connectivity index (χ0n) is 18.3. The van der Waals surface area contributed by atoms with Crippen molar-refractivity contribution in [2.45, 2.75) is 52.2 Å². The normalized spacial score (nSPS) is 11.1. The molecule has 1 N–H and O–H groups in total. The number of halogens is 2. The number of nitrogens with one attached hydrogen (secondary N) is 1. The number of rotatable bonds is 12. The van der Waals surface area contributed by atoms with Gasteiger partial charge in [0.25, 0.3) is 5.91 Å². The third-order valence-corrected chi connectivity index (χ3v) is 6.18. The van der Waals surface area contributed by atoms with Crippen LogP contribution in [-0.4, -0.2) is 22.3 Å². The molecule has 0 aliphatic rings. The van der Waals surface area contributed by atoms with E-state index in [1.165, 1.54) is 36.3 Å². The van der Waals surface area contributed by atoms with Gasteiger partial charge in [0.1, 0.15) is 16.5 Å². The highest BCUT2D eigenvalue weighted by Gasteiger charge is 2.14. The summed E-state index contributed by atoms with van der Waals surface area (Å²) in [5.41, 5.74) is 2.61. The number of hydrogen-bond acceptors (Lipinski definition) is 4. The van der Waals surface area contributed by atoms with E-state index in [0.29, 0.717) is 36.9 Å². The van der Waals surface area contributed by atoms with Crippen LogP contribution in [0.25, 0.3) is 0 Å². The van der Waals surface area contributed by atoms with Gasteiger partial charge in [0.2, 0.25) is 0 Å². The van der Waals surface area contributed by atoms with Crippen molar-refractivity contribution in [3.63, 3.8) is 0 Å². The van der Waals surface area contributed by atoms with Crippen molar-refractivity contribution in [3.05, 3.63) is 86.6 Å². The zero-order chi connectivity index (χ0) is 22.8. The molecule has 7 heteroatoms. The number of thiazole rings is 1. The minimum Gasteiger partial charge on any atom is -0.351 e. The first-order chi connectivity index (χ1) is 15.5. The number of carbonyl (C=O) groups is 1. The lowest BCUT2D eigenvalue weighted by molar-refractivity contribution is 0.0948. The molecule has 1 amide bonds. The largest absolute Gasteiger partial charge is 0.351 e. The molecule has 0 saturated carbocycles. The first-order valence-corrected chi connectivity index (χ1v) is 12.2. The maximum atomic E-state index is 13.3. The van der Waals surface area contributed by atoms with E-state index in [9.17, 15) is 9.18 Å². The molecule has 0 fully saturated rings. The van der Waals surface area contributed by atoms with E-state index in [1.54, 1.807) is 12.1 Å². The third-order valence-electron chi connectivity index (χ3n) is 5.10. The van der Waals surface area contributed by atoms with E-state index >= 15 is 0 Å². The number of benzene rings is 2. The molecule has 0 unspecified atom stereocenters. The fourth-order valence-electron chi connectivity index (χ4n) is 3.39. The number of carbonyl (C=O) groups excluding carboxylic acids is 1. The van der Waals surface area contributed by atoms with Gasteiger partial charge < -0.3 is 5.32 Å². The summed E-state index contributed by atoms with van der Waals surface area (Å²) in [6.45, 7) is 4.77.